The van der Waals surface area contributed by atoms with Crippen LogP contribution in [0.1, 0.15) is 29.8 Å². The Morgan fingerprint density at radius 2 is 1.95 bits per heavy atom. The highest BCUT2D eigenvalue weighted by molar-refractivity contribution is 5.94. The first-order valence-corrected chi connectivity index (χ1v) is 7.20. The molecule has 0 spiro atoms. The number of unbranched alkanes of at least 4 members (excludes halogenated alkanes) is 1. The lowest BCUT2D eigenvalue weighted by Crippen LogP contribution is -2.30. The summed E-state index contributed by atoms with van der Waals surface area (Å²) in [6.07, 6.45) is 1.73. The fraction of sp³-hybridized carbons (Fsp3) is 0.312. The smallest absolute Gasteiger partial charge is 0.320 e. The number of aliphatic carboxylic acids is 1. The van der Waals surface area contributed by atoms with E-state index in [2.05, 4.69) is 10.3 Å². The fourth-order valence-corrected chi connectivity index (χ4v) is 2.10. The number of carboxylic acids is 1. The number of amides is 1. The van der Waals surface area contributed by atoms with E-state index in [1.807, 2.05) is 30.3 Å². The molecule has 6 nitrogen and oxygen atoms in total. The van der Waals surface area contributed by atoms with Crippen LogP contribution in [0.2, 0.25) is 0 Å². The van der Waals surface area contributed by atoms with Gasteiger partial charge in [0.1, 0.15) is 11.7 Å². The molecule has 0 aliphatic heterocycles. The second-order valence-electron chi connectivity index (χ2n) is 5.09. The van der Waals surface area contributed by atoms with E-state index in [4.69, 9.17) is 10.8 Å². The molecular formula is C16H19N3O3. The van der Waals surface area contributed by atoms with E-state index in [1.165, 1.54) is 0 Å². The minimum absolute atomic E-state index is 0.228. The monoisotopic (exact) mass is 301 g/mol. The minimum Gasteiger partial charge on any atom is -0.480 e. The van der Waals surface area contributed by atoms with Gasteiger partial charge in [-0.15, -0.1) is 0 Å². The number of fused-ring (bicyclic) bond motifs is 1. The van der Waals surface area contributed by atoms with Crippen LogP contribution < -0.4 is 11.1 Å². The van der Waals surface area contributed by atoms with Gasteiger partial charge in [-0.2, -0.15) is 0 Å². The van der Waals surface area contributed by atoms with Crippen LogP contribution >= 0.6 is 0 Å². The normalized spacial score (nSPS) is 12.0. The summed E-state index contributed by atoms with van der Waals surface area (Å²) in [4.78, 5) is 26.9. The van der Waals surface area contributed by atoms with Crippen molar-refractivity contribution in [2.75, 3.05) is 6.54 Å². The second-order valence-corrected chi connectivity index (χ2v) is 5.09. The number of carboxylic acid groups (broad SMARTS) is 1. The third kappa shape index (κ3) is 4.26. The lowest BCUT2D eigenvalue weighted by Gasteiger charge is -2.07. The average molecular weight is 301 g/mol. The lowest BCUT2D eigenvalue weighted by atomic mass is 10.1. The van der Waals surface area contributed by atoms with Gasteiger partial charge in [0.05, 0.1) is 5.52 Å². The quantitative estimate of drug-likeness (QED) is 0.673. The third-order valence-corrected chi connectivity index (χ3v) is 3.38. The predicted molar refractivity (Wildman–Crippen MR) is 83.5 cm³/mol. The van der Waals surface area contributed by atoms with Gasteiger partial charge >= 0.3 is 5.97 Å². The van der Waals surface area contributed by atoms with Crippen LogP contribution in [0.4, 0.5) is 0 Å². The Kier molecular flexibility index (Phi) is 5.43. The highest BCUT2D eigenvalue weighted by atomic mass is 16.4. The molecule has 2 rings (SSSR count). The molecule has 0 unspecified atom stereocenters. The summed E-state index contributed by atoms with van der Waals surface area (Å²) in [5.74, 6) is -1.22. The van der Waals surface area contributed by atoms with Crippen LogP contribution in [0.15, 0.2) is 36.4 Å². The molecule has 0 aliphatic carbocycles. The topological polar surface area (TPSA) is 105 Å². The number of carbonyl (C=O) groups excluding carboxylic acids is 1. The first-order chi connectivity index (χ1) is 10.6. The van der Waals surface area contributed by atoms with Gasteiger partial charge in [-0.05, 0) is 31.4 Å². The van der Waals surface area contributed by atoms with Gasteiger partial charge in [0.2, 0.25) is 0 Å². The highest BCUT2D eigenvalue weighted by Gasteiger charge is 2.11. The summed E-state index contributed by atoms with van der Waals surface area (Å²) < 4.78 is 0. The van der Waals surface area contributed by atoms with Crippen LogP contribution in [-0.4, -0.2) is 34.6 Å². The molecule has 4 N–H and O–H groups in total. The molecule has 6 heteroatoms. The molecule has 0 aliphatic rings. The van der Waals surface area contributed by atoms with Crippen LogP contribution in [0, 0.1) is 0 Å². The molecular weight excluding hydrogens is 282 g/mol. The Morgan fingerprint density at radius 1 is 1.18 bits per heavy atom. The Balaban J connectivity index is 1.80. The summed E-state index contributed by atoms with van der Waals surface area (Å²) in [6.45, 7) is 0.472. The van der Waals surface area contributed by atoms with Crippen LogP contribution in [-0.2, 0) is 4.79 Å². The molecule has 1 heterocycles. The van der Waals surface area contributed by atoms with Gasteiger partial charge in [-0.3, -0.25) is 9.59 Å². The number of nitrogens with one attached hydrogen (secondary N) is 1. The molecule has 0 bridgehead atoms. The van der Waals surface area contributed by atoms with E-state index in [1.54, 1.807) is 6.07 Å². The van der Waals surface area contributed by atoms with Gasteiger partial charge in [-0.25, -0.2) is 4.98 Å². The molecule has 0 radical (unpaired) electrons. The summed E-state index contributed by atoms with van der Waals surface area (Å²) in [5, 5.41) is 12.4. The van der Waals surface area contributed by atoms with Crippen molar-refractivity contribution in [2.24, 2.45) is 5.73 Å². The number of hydrogen-bond acceptors (Lipinski definition) is 4. The molecule has 22 heavy (non-hydrogen) atoms. The number of nitrogens with two attached hydrogens (primary N) is 1. The Labute approximate surface area is 128 Å². The fourth-order valence-electron chi connectivity index (χ4n) is 2.10. The van der Waals surface area contributed by atoms with Crippen molar-refractivity contribution in [3.05, 3.63) is 42.1 Å². The first-order valence-electron chi connectivity index (χ1n) is 7.20. The van der Waals surface area contributed by atoms with Gasteiger partial charge in [0.25, 0.3) is 5.91 Å². The Hall–Kier alpha value is -2.47. The van der Waals surface area contributed by atoms with Crippen LogP contribution in [0.25, 0.3) is 10.9 Å². The number of carbonyl (C=O) groups is 2. The maximum Gasteiger partial charge on any atom is 0.320 e. The number of aromatic nitrogens is 1. The third-order valence-electron chi connectivity index (χ3n) is 3.38. The zero-order valence-electron chi connectivity index (χ0n) is 12.2. The van der Waals surface area contributed by atoms with Crippen molar-refractivity contribution < 1.29 is 14.7 Å². The van der Waals surface area contributed by atoms with Crippen molar-refractivity contribution in [2.45, 2.75) is 25.3 Å². The van der Waals surface area contributed by atoms with Gasteiger partial charge < -0.3 is 16.2 Å². The van der Waals surface area contributed by atoms with Gasteiger partial charge in [0.15, 0.2) is 0 Å². The summed E-state index contributed by atoms with van der Waals surface area (Å²) in [5.41, 5.74) is 6.56. The lowest BCUT2D eigenvalue weighted by molar-refractivity contribution is -0.138. The molecule has 116 valence electrons. The summed E-state index contributed by atoms with van der Waals surface area (Å²) in [6, 6.07) is 10.3. The molecule has 0 saturated carbocycles. The van der Waals surface area contributed by atoms with Crippen LogP contribution in [0.3, 0.4) is 0 Å². The number of benzene rings is 1. The predicted octanol–water partition coefficient (Wildman–Crippen LogP) is 1.55. The molecule has 1 aromatic heterocycles. The van der Waals surface area contributed by atoms with Crippen molar-refractivity contribution >= 4 is 22.8 Å². The van der Waals surface area contributed by atoms with Crippen molar-refractivity contribution in [3.8, 4) is 0 Å². The standard InChI is InChI=1S/C16H19N3O3/c17-12(16(21)22)6-3-4-10-18-15(20)14-9-8-11-5-1-2-7-13(11)19-14/h1-2,5,7-9,12H,3-4,6,10,17H2,(H,18,20)(H,21,22)/t12-/m0/s1. The van der Waals surface area contributed by atoms with E-state index >= 15 is 0 Å². The Bertz CT molecular complexity index is 672. The molecule has 0 fully saturated rings. The zero-order chi connectivity index (χ0) is 15.9. The number of pyridine rings is 1. The van der Waals surface area contributed by atoms with Crippen LogP contribution in [0.5, 0.6) is 0 Å². The van der Waals surface area contributed by atoms with Crippen molar-refractivity contribution in [3.63, 3.8) is 0 Å². The van der Waals surface area contributed by atoms with E-state index in [9.17, 15) is 9.59 Å². The SMILES string of the molecule is N[C@@H](CCCCNC(=O)c1ccc2ccccc2n1)C(=O)O. The molecule has 0 saturated heterocycles. The molecule has 1 aromatic carbocycles. The number of rotatable bonds is 7. The average Bonchev–Trinajstić information content (AvgIpc) is 2.53. The highest BCUT2D eigenvalue weighted by Crippen LogP contribution is 2.11. The first kappa shape index (κ1) is 15.9. The number of nitrogens with zero attached hydrogens (tertiary/aromatic N) is 1. The second kappa shape index (κ2) is 7.51. The van der Waals surface area contributed by atoms with Crippen molar-refractivity contribution in [1.29, 1.82) is 0 Å². The summed E-state index contributed by atoms with van der Waals surface area (Å²) in [7, 11) is 0. The molecule has 1 amide bonds. The van der Waals surface area contributed by atoms with E-state index in [-0.39, 0.29) is 5.91 Å². The maximum absolute atomic E-state index is 12.0. The largest absolute Gasteiger partial charge is 0.480 e. The maximum atomic E-state index is 12.0. The van der Waals surface area contributed by atoms with Gasteiger partial charge in [-0.1, -0.05) is 24.3 Å². The number of para-hydroxylation sites is 1. The zero-order valence-corrected chi connectivity index (χ0v) is 12.2. The summed E-state index contributed by atoms with van der Waals surface area (Å²) >= 11 is 0. The molecule has 1 atom stereocenters. The number of hydrogen-bond donors (Lipinski definition) is 3. The molecule has 2 aromatic rings. The van der Waals surface area contributed by atoms with E-state index < -0.39 is 12.0 Å². The van der Waals surface area contributed by atoms with Crippen molar-refractivity contribution in [1.82, 2.24) is 10.3 Å². The van der Waals surface area contributed by atoms with E-state index in [0.29, 0.717) is 31.5 Å². The Morgan fingerprint density at radius 3 is 2.73 bits per heavy atom. The minimum atomic E-state index is -0.996. The van der Waals surface area contributed by atoms with Gasteiger partial charge in [0, 0.05) is 11.9 Å². The van der Waals surface area contributed by atoms with E-state index in [0.717, 1.165) is 10.9 Å².